The van der Waals surface area contributed by atoms with Gasteiger partial charge in [0.2, 0.25) is 0 Å². The molecule has 1 N–H and O–H groups in total. The molecule has 1 aromatic carbocycles. The van der Waals surface area contributed by atoms with Crippen LogP contribution in [-0.4, -0.2) is 6.36 Å². The van der Waals surface area contributed by atoms with Crippen LogP contribution in [0.3, 0.4) is 0 Å². The monoisotopic (exact) mass is 285 g/mol. The molecule has 0 saturated heterocycles. The largest absolute Gasteiger partial charge is 0.573 e. The summed E-state index contributed by atoms with van der Waals surface area (Å²) in [5.41, 5.74) is 1.89. The number of alkyl halides is 3. The number of hydrogen-bond acceptors (Lipinski definition) is 3. The molecule has 0 aliphatic carbocycles. The Balaban J connectivity index is 1.91. The number of ether oxygens (including phenoxy) is 1. The van der Waals surface area contributed by atoms with Gasteiger partial charge in [-0.3, -0.25) is 0 Å². The van der Waals surface area contributed by atoms with Crippen molar-refractivity contribution >= 4 is 0 Å². The van der Waals surface area contributed by atoms with E-state index in [1.807, 2.05) is 13.0 Å². The normalized spacial score (nSPS) is 13.2. The van der Waals surface area contributed by atoms with Crippen molar-refractivity contribution in [3.8, 4) is 5.75 Å². The van der Waals surface area contributed by atoms with Crippen molar-refractivity contribution in [2.75, 3.05) is 0 Å². The SMILES string of the molecule is CC(NCc1ccoc1)c1ccc(OC(F)(F)F)cc1. The summed E-state index contributed by atoms with van der Waals surface area (Å²) < 4.78 is 44.9. The van der Waals surface area contributed by atoms with E-state index in [4.69, 9.17) is 4.42 Å². The zero-order chi connectivity index (χ0) is 14.6. The summed E-state index contributed by atoms with van der Waals surface area (Å²) in [5.74, 6) is -0.219. The third kappa shape index (κ3) is 4.31. The van der Waals surface area contributed by atoms with Gasteiger partial charge < -0.3 is 14.5 Å². The van der Waals surface area contributed by atoms with Crippen LogP contribution >= 0.6 is 0 Å². The molecule has 2 rings (SSSR count). The first-order valence-corrected chi connectivity index (χ1v) is 6.04. The average molecular weight is 285 g/mol. The smallest absolute Gasteiger partial charge is 0.472 e. The lowest BCUT2D eigenvalue weighted by molar-refractivity contribution is -0.274. The summed E-state index contributed by atoms with van der Waals surface area (Å²) >= 11 is 0. The maximum atomic E-state index is 12.0. The van der Waals surface area contributed by atoms with E-state index in [1.165, 1.54) is 12.1 Å². The summed E-state index contributed by atoms with van der Waals surface area (Å²) in [6.07, 6.45) is -1.43. The Hall–Kier alpha value is -1.95. The van der Waals surface area contributed by atoms with Gasteiger partial charge in [0.1, 0.15) is 5.75 Å². The second kappa shape index (κ2) is 6.00. The maximum absolute atomic E-state index is 12.0. The van der Waals surface area contributed by atoms with Gasteiger partial charge in [0.25, 0.3) is 0 Å². The molecule has 1 heterocycles. The Morgan fingerprint density at radius 3 is 2.45 bits per heavy atom. The Kier molecular flexibility index (Phi) is 4.34. The van der Waals surface area contributed by atoms with Crippen molar-refractivity contribution in [2.24, 2.45) is 0 Å². The van der Waals surface area contributed by atoms with Crippen LogP contribution < -0.4 is 10.1 Å². The number of halogens is 3. The van der Waals surface area contributed by atoms with Crippen LogP contribution in [0.4, 0.5) is 13.2 Å². The van der Waals surface area contributed by atoms with Crippen LogP contribution in [0.1, 0.15) is 24.1 Å². The van der Waals surface area contributed by atoms with Gasteiger partial charge in [-0.25, -0.2) is 0 Å². The van der Waals surface area contributed by atoms with Crippen molar-refractivity contribution in [2.45, 2.75) is 25.9 Å². The third-order valence-electron chi connectivity index (χ3n) is 2.81. The molecule has 0 radical (unpaired) electrons. The van der Waals surface area contributed by atoms with Gasteiger partial charge in [-0.1, -0.05) is 12.1 Å². The molecule has 6 heteroatoms. The molecule has 0 bridgehead atoms. The van der Waals surface area contributed by atoms with Gasteiger partial charge in [0.05, 0.1) is 12.5 Å². The molecule has 0 amide bonds. The molecule has 0 saturated carbocycles. The highest BCUT2D eigenvalue weighted by Gasteiger charge is 2.30. The molecule has 108 valence electrons. The highest BCUT2D eigenvalue weighted by molar-refractivity contribution is 5.29. The molecule has 1 atom stereocenters. The minimum atomic E-state index is -4.66. The van der Waals surface area contributed by atoms with Gasteiger partial charge in [-0.2, -0.15) is 0 Å². The molecule has 0 aliphatic rings. The van der Waals surface area contributed by atoms with Crippen LogP contribution in [0.2, 0.25) is 0 Å². The fourth-order valence-electron chi connectivity index (χ4n) is 1.74. The molecular formula is C14H14F3NO2. The van der Waals surface area contributed by atoms with Crippen LogP contribution in [0.5, 0.6) is 5.75 Å². The number of rotatable bonds is 5. The summed E-state index contributed by atoms with van der Waals surface area (Å²) in [6.45, 7) is 2.55. The highest BCUT2D eigenvalue weighted by atomic mass is 19.4. The molecule has 0 aliphatic heterocycles. The third-order valence-corrected chi connectivity index (χ3v) is 2.81. The predicted molar refractivity (Wildman–Crippen MR) is 67.1 cm³/mol. The molecule has 3 nitrogen and oxygen atoms in total. The van der Waals surface area contributed by atoms with Crippen molar-refractivity contribution in [3.05, 3.63) is 54.0 Å². The fourth-order valence-corrected chi connectivity index (χ4v) is 1.74. The minimum absolute atomic E-state index is 0.00448. The number of nitrogens with one attached hydrogen (secondary N) is 1. The molecule has 1 unspecified atom stereocenters. The van der Waals surface area contributed by atoms with Gasteiger partial charge >= 0.3 is 6.36 Å². The summed E-state index contributed by atoms with van der Waals surface area (Å²) in [6, 6.07) is 7.67. The molecule has 2 aromatic rings. The summed E-state index contributed by atoms with van der Waals surface area (Å²) in [5, 5.41) is 3.25. The second-order valence-corrected chi connectivity index (χ2v) is 4.35. The lowest BCUT2D eigenvalue weighted by Gasteiger charge is -2.14. The Labute approximate surface area is 114 Å². The van der Waals surface area contributed by atoms with Crippen LogP contribution in [0.25, 0.3) is 0 Å². The Morgan fingerprint density at radius 2 is 1.90 bits per heavy atom. The molecule has 0 fully saturated rings. The van der Waals surface area contributed by atoms with Gasteiger partial charge in [0.15, 0.2) is 0 Å². The lowest BCUT2D eigenvalue weighted by atomic mass is 10.1. The number of furan rings is 1. The van der Waals surface area contributed by atoms with Crippen LogP contribution in [0.15, 0.2) is 47.3 Å². The first-order valence-electron chi connectivity index (χ1n) is 6.04. The van der Waals surface area contributed by atoms with Crippen LogP contribution in [-0.2, 0) is 6.54 Å². The zero-order valence-electron chi connectivity index (χ0n) is 10.8. The topological polar surface area (TPSA) is 34.4 Å². The molecule has 20 heavy (non-hydrogen) atoms. The van der Waals surface area contributed by atoms with E-state index in [0.29, 0.717) is 6.54 Å². The van der Waals surface area contributed by atoms with E-state index in [-0.39, 0.29) is 11.8 Å². The summed E-state index contributed by atoms with van der Waals surface area (Å²) in [4.78, 5) is 0. The average Bonchev–Trinajstić information content (AvgIpc) is 2.88. The van der Waals surface area contributed by atoms with E-state index in [1.54, 1.807) is 24.7 Å². The van der Waals surface area contributed by atoms with Crippen molar-refractivity contribution in [3.63, 3.8) is 0 Å². The Morgan fingerprint density at radius 1 is 1.20 bits per heavy atom. The fraction of sp³-hybridized carbons (Fsp3) is 0.286. The van der Waals surface area contributed by atoms with Crippen molar-refractivity contribution in [1.82, 2.24) is 5.32 Å². The van der Waals surface area contributed by atoms with Gasteiger partial charge in [-0.05, 0) is 30.7 Å². The van der Waals surface area contributed by atoms with Crippen LogP contribution in [0, 0.1) is 0 Å². The van der Waals surface area contributed by atoms with Crippen molar-refractivity contribution < 1.29 is 22.3 Å². The molecule has 1 aromatic heterocycles. The second-order valence-electron chi connectivity index (χ2n) is 4.35. The zero-order valence-corrected chi connectivity index (χ0v) is 10.8. The standard InChI is InChI=1S/C14H14F3NO2/c1-10(18-8-11-6-7-19-9-11)12-2-4-13(5-3-12)20-14(15,16)17/h2-7,9-10,18H,8H2,1H3. The molecular weight excluding hydrogens is 271 g/mol. The number of benzene rings is 1. The van der Waals surface area contributed by atoms with Gasteiger partial charge in [-0.15, -0.1) is 13.2 Å². The first kappa shape index (κ1) is 14.5. The van der Waals surface area contributed by atoms with E-state index in [2.05, 4.69) is 10.1 Å². The van der Waals surface area contributed by atoms with E-state index >= 15 is 0 Å². The maximum Gasteiger partial charge on any atom is 0.573 e. The van der Waals surface area contributed by atoms with E-state index < -0.39 is 6.36 Å². The predicted octanol–water partition coefficient (Wildman–Crippen LogP) is 4.03. The minimum Gasteiger partial charge on any atom is -0.472 e. The van der Waals surface area contributed by atoms with Crippen molar-refractivity contribution in [1.29, 1.82) is 0 Å². The van der Waals surface area contributed by atoms with E-state index in [0.717, 1.165) is 11.1 Å². The molecule has 0 spiro atoms. The van der Waals surface area contributed by atoms with E-state index in [9.17, 15) is 13.2 Å². The first-order chi connectivity index (χ1) is 9.44. The van der Waals surface area contributed by atoms with Gasteiger partial charge in [0, 0.05) is 18.2 Å². The quantitative estimate of drug-likeness (QED) is 0.900. The Bertz CT molecular complexity index is 520. The highest BCUT2D eigenvalue weighted by Crippen LogP contribution is 2.24. The lowest BCUT2D eigenvalue weighted by Crippen LogP contribution is -2.18. The summed E-state index contributed by atoms with van der Waals surface area (Å²) in [7, 11) is 0. The number of hydrogen-bond donors (Lipinski definition) is 1.